The normalized spacial score (nSPS) is 15.3. The Bertz CT molecular complexity index is 1320. The third-order valence-electron chi connectivity index (χ3n) is 6.03. The first-order valence-corrected chi connectivity index (χ1v) is 12.2. The largest absolute Gasteiger partial charge is 0.374 e. The SMILES string of the molecule is CCn1cc(C(=O)Nc2nc(-c3ccc4c(c3)CCC(O)N4Cc3cccnc3)cs2)c(C)n1. The predicted octanol–water partition coefficient (Wildman–Crippen LogP) is 4.25. The molecule has 0 fully saturated rings. The van der Waals surface area contributed by atoms with Gasteiger partial charge in [0, 0.05) is 48.3 Å². The number of hydrogen-bond acceptors (Lipinski definition) is 7. The van der Waals surface area contributed by atoms with Gasteiger partial charge in [-0.05, 0) is 56.0 Å². The first-order valence-electron chi connectivity index (χ1n) is 11.3. The molecule has 0 radical (unpaired) electrons. The van der Waals surface area contributed by atoms with E-state index in [2.05, 4.69) is 26.4 Å². The van der Waals surface area contributed by atoms with Crippen LogP contribution in [0.1, 0.15) is 40.5 Å². The number of hydrogen-bond donors (Lipinski definition) is 2. The van der Waals surface area contributed by atoms with Crippen molar-refractivity contribution in [1.29, 1.82) is 0 Å². The molecule has 4 aromatic rings. The zero-order chi connectivity index (χ0) is 23.7. The molecule has 9 heteroatoms. The van der Waals surface area contributed by atoms with E-state index in [1.165, 1.54) is 16.9 Å². The van der Waals surface area contributed by atoms with Crippen LogP contribution in [-0.2, 0) is 19.5 Å². The Labute approximate surface area is 201 Å². The second-order valence-electron chi connectivity index (χ2n) is 8.33. The molecule has 1 aliphatic heterocycles. The minimum Gasteiger partial charge on any atom is -0.374 e. The van der Waals surface area contributed by atoms with Crippen molar-refractivity contribution in [2.75, 3.05) is 10.2 Å². The maximum Gasteiger partial charge on any atom is 0.260 e. The van der Waals surface area contributed by atoms with Crippen molar-refractivity contribution in [3.05, 3.63) is 76.7 Å². The number of carbonyl (C=O) groups excluding carboxylic acids is 1. The molecule has 2 N–H and O–H groups in total. The number of pyridine rings is 1. The lowest BCUT2D eigenvalue weighted by atomic mass is 9.97. The molecule has 0 aliphatic carbocycles. The highest BCUT2D eigenvalue weighted by atomic mass is 32.1. The highest BCUT2D eigenvalue weighted by Crippen LogP contribution is 2.35. The Balaban J connectivity index is 1.34. The van der Waals surface area contributed by atoms with Crippen LogP contribution in [0.5, 0.6) is 0 Å². The van der Waals surface area contributed by atoms with Gasteiger partial charge in [-0.1, -0.05) is 12.1 Å². The lowest BCUT2D eigenvalue weighted by molar-refractivity contribution is 0.102. The summed E-state index contributed by atoms with van der Waals surface area (Å²) in [6, 6.07) is 10.1. The molecule has 1 aliphatic rings. The van der Waals surface area contributed by atoms with Gasteiger partial charge in [0.05, 0.1) is 17.0 Å². The molecule has 5 rings (SSSR count). The molecule has 1 aromatic carbocycles. The number of thiazole rings is 1. The van der Waals surface area contributed by atoms with Gasteiger partial charge in [0.25, 0.3) is 5.91 Å². The van der Waals surface area contributed by atoms with Crippen molar-refractivity contribution < 1.29 is 9.90 Å². The fourth-order valence-corrected chi connectivity index (χ4v) is 4.95. The standard InChI is InChI=1S/C25H26N6O2S/c1-3-30-14-20(16(2)29-30)24(33)28-25-27-21(15-34-25)18-6-8-22-19(11-18)7-9-23(32)31(22)13-17-5-4-10-26-12-17/h4-6,8,10-12,14-15,23,32H,3,7,9,13H2,1-2H3,(H,27,28,33). The number of aliphatic hydroxyl groups excluding tert-OH is 1. The number of anilines is 2. The van der Waals surface area contributed by atoms with Gasteiger partial charge in [-0.2, -0.15) is 5.10 Å². The van der Waals surface area contributed by atoms with Crippen LogP contribution in [0.15, 0.2) is 54.3 Å². The summed E-state index contributed by atoms with van der Waals surface area (Å²) in [6.07, 6.45) is 6.27. The van der Waals surface area contributed by atoms with Crippen molar-refractivity contribution in [2.45, 2.75) is 46.0 Å². The lowest BCUT2D eigenvalue weighted by Gasteiger charge is -2.36. The minimum atomic E-state index is -0.528. The smallest absolute Gasteiger partial charge is 0.260 e. The summed E-state index contributed by atoms with van der Waals surface area (Å²) in [6.45, 7) is 5.13. The predicted molar refractivity (Wildman–Crippen MR) is 133 cm³/mol. The second-order valence-corrected chi connectivity index (χ2v) is 9.19. The van der Waals surface area contributed by atoms with E-state index in [0.717, 1.165) is 28.9 Å². The molecule has 174 valence electrons. The summed E-state index contributed by atoms with van der Waals surface area (Å²) in [5.74, 6) is -0.205. The van der Waals surface area contributed by atoms with Gasteiger partial charge >= 0.3 is 0 Å². The fourth-order valence-electron chi connectivity index (χ4n) is 4.24. The molecule has 4 heterocycles. The van der Waals surface area contributed by atoms with Crippen molar-refractivity contribution in [3.8, 4) is 11.3 Å². The molecule has 0 saturated carbocycles. The number of aryl methyl sites for hydroxylation is 3. The van der Waals surface area contributed by atoms with Crippen LogP contribution in [0, 0.1) is 6.92 Å². The molecule has 3 aromatic heterocycles. The van der Waals surface area contributed by atoms with Crippen LogP contribution in [0.4, 0.5) is 10.8 Å². The van der Waals surface area contributed by atoms with E-state index >= 15 is 0 Å². The number of benzene rings is 1. The number of rotatable bonds is 6. The van der Waals surface area contributed by atoms with E-state index in [9.17, 15) is 9.90 Å². The first kappa shape index (κ1) is 22.2. The summed E-state index contributed by atoms with van der Waals surface area (Å²) in [7, 11) is 0. The highest BCUT2D eigenvalue weighted by molar-refractivity contribution is 7.14. The van der Waals surface area contributed by atoms with Gasteiger partial charge in [-0.25, -0.2) is 4.98 Å². The van der Waals surface area contributed by atoms with E-state index in [1.54, 1.807) is 17.1 Å². The number of carbonyl (C=O) groups is 1. The van der Waals surface area contributed by atoms with E-state index in [-0.39, 0.29) is 5.91 Å². The van der Waals surface area contributed by atoms with Gasteiger partial charge in [0.15, 0.2) is 5.13 Å². The van der Waals surface area contributed by atoms with Gasteiger partial charge < -0.3 is 10.0 Å². The number of nitrogens with one attached hydrogen (secondary N) is 1. The van der Waals surface area contributed by atoms with Crippen LogP contribution >= 0.6 is 11.3 Å². The van der Waals surface area contributed by atoms with Crippen molar-refractivity contribution >= 4 is 28.1 Å². The monoisotopic (exact) mass is 474 g/mol. The zero-order valence-corrected chi connectivity index (χ0v) is 19.9. The van der Waals surface area contributed by atoms with Gasteiger partial charge in [-0.3, -0.25) is 19.8 Å². The molecule has 34 heavy (non-hydrogen) atoms. The molecule has 0 bridgehead atoms. The molecule has 8 nitrogen and oxygen atoms in total. The van der Waals surface area contributed by atoms with Gasteiger partial charge in [0.2, 0.25) is 0 Å². The van der Waals surface area contributed by atoms with E-state index in [4.69, 9.17) is 0 Å². The molecule has 1 unspecified atom stereocenters. The minimum absolute atomic E-state index is 0.205. The zero-order valence-electron chi connectivity index (χ0n) is 19.1. The van der Waals surface area contributed by atoms with Gasteiger partial charge in [-0.15, -0.1) is 11.3 Å². The Hall–Kier alpha value is -3.56. The summed E-state index contributed by atoms with van der Waals surface area (Å²) in [4.78, 5) is 23.5. The van der Waals surface area contributed by atoms with Crippen LogP contribution in [0.3, 0.4) is 0 Å². The Morgan fingerprint density at radius 1 is 1.32 bits per heavy atom. The first-order chi connectivity index (χ1) is 16.5. The van der Waals surface area contributed by atoms with Crippen LogP contribution in [-0.4, -0.2) is 37.0 Å². The van der Waals surface area contributed by atoms with E-state index < -0.39 is 6.23 Å². The Kier molecular flexibility index (Phi) is 6.12. The molecule has 1 atom stereocenters. The van der Waals surface area contributed by atoms with Crippen molar-refractivity contribution in [3.63, 3.8) is 0 Å². The molecule has 0 saturated heterocycles. The molecular formula is C25H26N6O2S. The van der Waals surface area contributed by atoms with Gasteiger partial charge in [0.1, 0.15) is 6.23 Å². The summed E-state index contributed by atoms with van der Waals surface area (Å²) < 4.78 is 1.75. The maximum absolute atomic E-state index is 12.7. The van der Waals surface area contributed by atoms with Crippen LogP contribution in [0.25, 0.3) is 11.3 Å². The van der Waals surface area contributed by atoms with Crippen LogP contribution < -0.4 is 10.2 Å². The quantitative estimate of drug-likeness (QED) is 0.434. The fraction of sp³-hybridized carbons (Fsp3) is 0.280. The summed E-state index contributed by atoms with van der Waals surface area (Å²) >= 11 is 1.40. The number of fused-ring (bicyclic) bond motifs is 1. The second kappa shape index (κ2) is 9.36. The van der Waals surface area contributed by atoms with Crippen molar-refractivity contribution in [2.24, 2.45) is 0 Å². The summed E-state index contributed by atoms with van der Waals surface area (Å²) in [5, 5.41) is 20.4. The Morgan fingerprint density at radius 2 is 2.21 bits per heavy atom. The van der Waals surface area contributed by atoms with Crippen molar-refractivity contribution in [1.82, 2.24) is 19.7 Å². The number of nitrogens with zero attached hydrogens (tertiary/aromatic N) is 5. The topological polar surface area (TPSA) is 96.2 Å². The third kappa shape index (κ3) is 4.44. The highest BCUT2D eigenvalue weighted by Gasteiger charge is 2.25. The maximum atomic E-state index is 12.7. The molecule has 1 amide bonds. The molecule has 0 spiro atoms. The lowest BCUT2D eigenvalue weighted by Crippen LogP contribution is -2.38. The van der Waals surface area contributed by atoms with E-state index in [0.29, 0.717) is 35.9 Å². The average molecular weight is 475 g/mol. The number of amides is 1. The van der Waals surface area contributed by atoms with E-state index in [1.807, 2.05) is 54.6 Å². The third-order valence-corrected chi connectivity index (χ3v) is 6.79. The number of aromatic nitrogens is 4. The Morgan fingerprint density at radius 3 is 2.97 bits per heavy atom. The molecular weight excluding hydrogens is 448 g/mol. The van der Waals surface area contributed by atoms with Crippen LogP contribution in [0.2, 0.25) is 0 Å². The average Bonchev–Trinajstić information content (AvgIpc) is 3.47. The summed E-state index contributed by atoms with van der Waals surface area (Å²) in [5.41, 5.74) is 6.31. The number of aliphatic hydroxyl groups is 1.